The number of hydrogen-bond acceptors (Lipinski definition) is 6. The fourth-order valence-corrected chi connectivity index (χ4v) is 3.82. The molecule has 8 heteroatoms. The first-order valence-corrected chi connectivity index (χ1v) is 10.9. The molecule has 1 fully saturated rings. The molecule has 0 spiro atoms. The number of para-hydroxylation sites is 1. The van der Waals surface area contributed by atoms with Gasteiger partial charge in [0.2, 0.25) is 11.8 Å². The Morgan fingerprint density at radius 1 is 1.09 bits per heavy atom. The van der Waals surface area contributed by atoms with Gasteiger partial charge in [-0.2, -0.15) is 0 Å². The summed E-state index contributed by atoms with van der Waals surface area (Å²) in [7, 11) is 0. The van der Waals surface area contributed by atoms with Crippen molar-refractivity contribution in [1.29, 1.82) is 0 Å². The fourth-order valence-electron chi connectivity index (χ4n) is 3.65. The standard InChI is InChI=1S/C24H25ClN4O3/c1-18-14-28(11-12-29(18)24(30)16-31-15-19-7-3-2-4-8-19)22-13-23(27-17-26-22)32-21-10-6-5-9-20(21)25/h2-10,13,17-18H,11-12,14-16H2,1H3. The van der Waals surface area contributed by atoms with Gasteiger partial charge in [0.15, 0.2) is 0 Å². The van der Waals surface area contributed by atoms with Crippen molar-refractivity contribution < 1.29 is 14.3 Å². The number of aromatic nitrogens is 2. The lowest BCUT2D eigenvalue weighted by molar-refractivity contribution is -0.139. The highest BCUT2D eigenvalue weighted by molar-refractivity contribution is 6.32. The summed E-state index contributed by atoms with van der Waals surface area (Å²) in [6.45, 7) is 4.45. The molecule has 1 amide bonds. The molecular weight excluding hydrogens is 428 g/mol. The molecule has 2 heterocycles. The topological polar surface area (TPSA) is 67.8 Å². The average molecular weight is 453 g/mol. The zero-order valence-electron chi connectivity index (χ0n) is 17.9. The second-order valence-corrected chi connectivity index (χ2v) is 8.01. The number of nitrogens with zero attached hydrogens (tertiary/aromatic N) is 4. The normalized spacial score (nSPS) is 16.1. The van der Waals surface area contributed by atoms with Gasteiger partial charge in [0.25, 0.3) is 0 Å². The first-order chi connectivity index (χ1) is 15.6. The third kappa shape index (κ3) is 5.55. The van der Waals surface area contributed by atoms with Crippen LogP contribution in [0.2, 0.25) is 5.02 Å². The van der Waals surface area contributed by atoms with Crippen molar-refractivity contribution in [2.24, 2.45) is 0 Å². The van der Waals surface area contributed by atoms with Gasteiger partial charge in [-0.15, -0.1) is 0 Å². The van der Waals surface area contributed by atoms with Crippen LogP contribution in [0, 0.1) is 0 Å². The predicted octanol–water partition coefficient (Wildman–Crippen LogP) is 4.18. The van der Waals surface area contributed by atoms with Crippen LogP contribution < -0.4 is 9.64 Å². The van der Waals surface area contributed by atoms with Gasteiger partial charge >= 0.3 is 0 Å². The van der Waals surface area contributed by atoms with Gasteiger partial charge in [-0.1, -0.05) is 54.1 Å². The summed E-state index contributed by atoms with van der Waals surface area (Å²) in [4.78, 5) is 25.2. The van der Waals surface area contributed by atoms with Gasteiger partial charge in [-0.05, 0) is 24.6 Å². The molecule has 1 atom stereocenters. The monoisotopic (exact) mass is 452 g/mol. The number of rotatable bonds is 7. The van der Waals surface area contributed by atoms with E-state index in [1.807, 2.05) is 54.3 Å². The summed E-state index contributed by atoms with van der Waals surface area (Å²) >= 11 is 6.17. The van der Waals surface area contributed by atoms with Crippen molar-refractivity contribution in [3.05, 3.63) is 77.6 Å². The molecule has 1 saturated heterocycles. The number of benzene rings is 2. The average Bonchev–Trinajstić information content (AvgIpc) is 2.81. The van der Waals surface area contributed by atoms with Gasteiger partial charge in [0, 0.05) is 31.7 Å². The Balaban J connectivity index is 1.32. The highest BCUT2D eigenvalue weighted by atomic mass is 35.5. The lowest BCUT2D eigenvalue weighted by Gasteiger charge is -2.40. The molecule has 1 aromatic heterocycles. The van der Waals surface area contributed by atoms with E-state index in [9.17, 15) is 4.79 Å². The van der Waals surface area contributed by atoms with Crippen LogP contribution in [0.25, 0.3) is 0 Å². The summed E-state index contributed by atoms with van der Waals surface area (Å²) in [6, 6.07) is 18.9. The van der Waals surface area contributed by atoms with E-state index in [1.54, 1.807) is 18.2 Å². The maximum absolute atomic E-state index is 12.7. The van der Waals surface area contributed by atoms with E-state index in [4.69, 9.17) is 21.1 Å². The van der Waals surface area contributed by atoms with E-state index < -0.39 is 0 Å². The van der Waals surface area contributed by atoms with Gasteiger partial charge in [0.05, 0.1) is 11.6 Å². The number of amides is 1. The molecule has 1 unspecified atom stereocenters. The van der Waals surface area contributed by atoms with E-state index in [-0.39, 0.29) is 18.6 Å². The van der Waals surface area contributed by atoms with Crippen LogP contribution in [0.5, 0.6) is 11.6 Å². The molecular formula is C24H25ClN4O3. The Labute approximate surface area is 192 Å². The first kappa shape index (κ1) is 22.0. The quantitative estimate of drug-likeness (QED) is 0.535. The Morgan fingerprint density at radius 2 is 1.88 bits per heavy atom. The van der Waals surface area contributed by atoms with Crippen molar-refractivity contribution >= 4 is 23.3 Å². The number of piperazine rings is 1. The van der Waals surface area contributed by atoms with E-state index in [0.717, 1.165) is 11.4 Å². The molecule has 32 heavy (non-hydrogen) atoms. The van der Waals surface area contributed by atoms with Gasteiger partial charge < -0.3 is 19.3 Å². The highest BCUT2D eigenvalue weighted by Crippen LogP contribution is 2.29. The predicted molar refractivity (Wildman–Crippen MR) is 123 cm³/mol. The van der Waals surface area contributed by atoms with E-state index in [0.29, 0.717) is 42.9 Å². The zero-order valence-corrected chi connectivity index (χ0v) is 18.6. The van der Waals surface area contributed by atoms with Crippen molar-refractivity contribution in [2.45, 2.75) is 19.6 Å². The highest BCUT2D eigenvalue weighted by Gasteiger charge is 2.28. The molecule has 2 aromatic carbocycles. The van der Waals surface area contributed by atoms with Crippen LogP contribution in [-0.2, 0) is 16.1 Å². The van der Waals surface area contributed by atoms with Crippen LogP contribution in [-0.4, -0.2) is 53.1 Å². The smallest absolute Gasteiger partial charge is 0.248 e. The Hall–Kier alpha value is -3.16. The maximum Gasteiger partial charge on any atom is 0.248 e. The molecule has 3 aromatic rings. The molecule has 0 radical (unpaired) electrons. The molecule has 0 saturated carbocycles. The Morgan fingerprint density at radius 3 is 2.66 bits per heavy atom. The second kappa shape index (κ2) is 10.4. The summed E-state index contributed by atoms with van der Waals surface area (Å²) in [5.41, 5.74) is 1.05. The van der Waals surface area contributed by atoms with Crippen molar-refractivity contribution in [2.75, 3.05) is 31.1 Å². The molecule has 0 N–H and O–H groups in total. The van der Waals surface area contributed by atoms with Crippen LogP contribution in [0.4, 0.5) is 5.82 Å². The van der Waals surface area contributed by atoms with Gasteiger partial charge in [-0.25, -0.2) is 9.97 Å². The third-order valence-corrected chi connectivity index (χ3v) is 5.60. The minimum Gasteiger partial charge on any atom is -0.437 e. The summed E-state index contributed by atoms with van der Waals surface area (Å²) in [6.07, 6.45) is 1.47. The summed E-state index contributed by atoms with van der Waals surface area (Å²) in [5, 5.41) is 0.517. The molecule has 1 aliphatic rings. The minimum atomic E-state index is -0.00138. The lowest BCUT2D eigenvalue weighted by Crippen LogP contribution is -2.55. The third-order valence-electron chi connectivity index (χ3n) is 5.29. The molecule has 7 nitrogen and oxygen atoms in total. The number of hydrogen-bond donors (Lipinski definition) is 0. The SMILES string of the molecule is CC1CN(c2cc(Oc3ccccc3Cl)ncn2)CCN1C(=O)COCc1ccccc1. The number of carbonyl (C=O) groups is 1. The number of anilines is 1. The van der Waals surface area contributed by atoms with Gasteiger partial charge in [-0.3, -0.25) is 4.79 Å². The van der Waals surface area contributed by atoms with Crippen LogP contribution in [0.15, 0.2) is 67.0 Å². The number of ether oxygens (including phenoxy) is 2. The van der Waals surface area contributed by atoms with Crippen molar-refractivity contribution in [3.63, 3.8) is 0 Å². The largest absolute Gasteiger partial charge is 0.437 e. The number of carbonyl (C=O) groups excluding carboxylic acids is 1. The summed E-state index contributed by atoms with van der Waals surface area (Å²) < 4.78 is 11.4. The van der Waals surface area contributed by atoms with E-state index >= 15 is 0 Å². The molecule has 0 bridgehead atoms. The van der Waals surface area contributed by atoms with Crippen molar-refractivity contribution in [1.82, 2.24) is 14.9 Å². The number of halogens is 1. The lowest BCUT2D eigenvalue weighted by atomic mass is 10.2. The van der Waals surface area contributed by atoms with Crippen LogP contribution in [0.1, 0.15) is 12.5 Å². The Kier molecular flexibility index (Phi) is 7.19. The molecule has 4 rings (SSSR count). The van der Waals surface area contributed by atoms with E-state index in [1.165, 1.54) is 6.33 Å². The molecule has 1 aliphatic heterocycles. The van der Waals surface area contributed by atoms with Gasteiger partial charge in [0.1, 0.15) is 24.5 Å². The molecule has 166 valence electrons. The maximum atomic E-state index is 12.7. The molecule has 0 aliphatic carbocycles. The minimum absolute atomic E-state index is 0.00138. The van der Waals surface area contributed by atoms with E-state index in [2.05, 4.69) is 14.9 Å². The zero-order chi connectivity index (χ0) is 22.3. The Bertz CT molecular complexity index is 1050. The summed E-state index contributed by atoms with van der Waals surface area (Å²) in [5.74, 6) is 1.71. The van der Waals surface area contributed by atoms with Crippen LogP contribution in [0.3, 0.4) is 0 Å². The first-order valence-electron chi connectivity index (χ1n) is 10.5. The van der Waals surface area contributed by atoms with Crippen LogP contribution >= 0.6 is 11.6 Å². The van der Waals surface area contributed by atoms with Crippen molar-refractivity contribution in [3.8, 4) is 11.6 Å². The second-order valence-electron chi connectivity index (χ2n) is 7.61. The fraction of sp³-hybridized carbons (Fsp3) is 0.292.